The zero-order valence-corrected chi connectivity index (χ0v) is 19.8. The summed E-state index contributed by atoms with van der Waals surface area (Å²) < 4.78 is 0. The highest BCUT2D eigenvalue weighted by Crippen LogP contribution is 2.25. The molecule has 0 aliphatic carbocycles. The van der Waals surface area contributed by atoms with Crippen molar-refractivity contribution in [1.82, 2.24) is 10.7 Å². The van der Waals surface area contributed by atoms with Crippen molar-refractivity contribution in [3.63, 3.8) is 0 Å². The van der Waals surface area contributed by atoms with E-state index in [2.05, 4.69) is 15.8 Å². The lowest BCUT2D eigenvalue weighted by Gasteiger charge is -2.24. The van der Waals surface area contributed by atoms with Crippen molar-refractivity contribution in [2.24, 2.45) is 11.0 Å². The summed E-state index contributed by atoms with van der Waals surface area (Å²) in [5, 5.41) is 7.84. The quantitative estimate of drug-likeness (QED) is 0.333. The smallest absolute Gasteiger partial charge is 0.262 e. The summed E-state index contributed by atoms with van der Waals surface area (Å²) in [5.74, 6) is -1.38. The molecule has 0 aliphatic heterocycles. The second-order valence-electron chi connectivity index (χ2n) is 7.88. The third kappa shape index (κ3) is 6.67. The molecule has 2 N–H and O–H groups in total. The Hall–Kier alpha value is -3.15. The van der Waals surface area contributed by atoms with Crippen LogP contribution in [0.4, 0.5) is 0 Å². The molecule has 0 saturated heterocycles. The van der Waals surface area contributed by atoms with E-state index in [-0.39, 0.29) is 11.8 Å². The number of carbonyl (C=O) groups excluding carboxylic acids is 2. The van der Waals surface area contributed by atoms with Crippen molar-refractivity contribution in [3.8, 4) is 0 Å². The minimum atomic E-state index is -0.773. The second-order valence-corrected chi connectivity index (χ2v) is 8.73. The third-order valence-electron chi connectivity index (χ3n) is 5.12. The largest absolute Gasteiger partial charge is 0.343 e. The normalized spacial score (nSPS) is 12.2. The van der Waals surface area contributed by atoms with Gasteiger partial charge in [-0.1, -0.05) is 104 Å². The van der Waals surface area contributed by atoms with E-state index < -0.39 is 17.9 Å². The summed E-state index contributed by atoms with van der Waals surface area (Å²) >= 11 is 12.0. The molecule has 0 heterocycles. The number of rotatable bonds is 8. The van der Waals surface area contributed by atoms with Gasteiger partial charge in [-0.05, 0) is 29.2 Å². The Bertz CT molecular complexity index is 1080. The Labute approximate surface area is 203 Å². The monoisotopic (exact) mass is 481 g/mol. The third-order valence-corrected chi connectivity index (χ3v) is 5.68. The number of benzene rings is 3. The van der Waals surface area contributed by atoms with Crippen LogP contribution >= 0.6 is 23.2 Å². The van der Waals surface area contributed by atoms with Gasteiger partial charge in [-0.3, -0.25) is 9.59 Å². The average molecular weight is 482 g/mol. The first-order valence-electron chi connectivity index (χ1n) is 10.5. The van der Waals surface area contributed by atoms with Gasteiger partial charge in [0.05, 0.1) is 17.2 Å². The van der Waals surface area contributed by atoms with E-state index in [4.69, 9.17) is 23.2 Å². The lowest BCUT2D eigenvalue weighted by atomic mass is 9.89. The molecule has 0 bridgehead atoms. The summed E-state index contributed by atoms with van der Waals surface area (Å²) in [5.41, 5.74) is 4.81. The van der Waals surface area contributed by atoms with Crippen LogP contribution in [-0.2, 0) is 9.59 Å². The molecule has 3 rings (SSSR count). The van der Waals surface area contributed by atoms with Crippen LogP contribution in [-0.4, -0.2) is 24.1 Å². The van der Waals surface area contributed by atoms with Crippen molar-refractivity contribution in [2.75, 3.05) is 0 Å². The summed E-state index contributed by atoms with van der Waals surface area (Å²) in [4.78, 5) is 26.2. The topological polar surface area (TPSA) is 70.6 Å². The van der Waals surface area contributed by atoms with Crippen molar-refractivity contribution in [3.05, 3.63) is 106 Å². The highest BCUT2D eigenvalue weighted by atomic mass is 35.5. The number of nitrogens with one attached hydrogen (secondary N) is 2. The van der Waals surface area contributed by atoms with E-state index in [9.17, 15) is 9.59 Å². The maximum absolute atomic E-state index is 13.4. The van der Waals surface area contributed by atoms with Gasteiger partial charge in [0.15, 0.2) is 0 Å². The number of halogens is 2. The number of hydrogen-bond donors (Lipinski definition) is 2. The minimum absolute atomic E-state index is 0.157. The van der Waals surface area contributed by atoms with Gasteiger partial charge in [-0.2, -0.15) is 5.10 Å². The standard InChI is InChI=1S/C26H25Cl2N3O2/c1-17(2)24(26(33)31-29-16-20-13-14-21(27)15-22(20)28)30-25(32)23(18-9-5-3-6-10-18)19-11-7-4-8-12-19/h3-17,23-24H,1-2H3,(H,30,32)(H,31,33)/b29-16-/t24-/m1/s1. The Morgan fingerprint density at radius 1 is 0.848 bits per heavy atom. The van der Waals surface area contributed by atoms with E-state index in [1.807, 2.05) is 74.5 Å². The highest BCUT2D eigenvalue weighted by Gasteiger charge is 2.29. The zero-order valence-electron chi connectivity index (χ0n) is 18.3. The molecule has 5 nitrogen and oxygen atoms in total. The number of hydrogen-bond acceptors (Lipinski definition) is 3. The van der Waals surface area contributed by atoms with Crippen LogP contribution in [0.3, 0.4) is 0 Å². The van der Waals surface area contributed by atoms with Gasteiger partial charge in [0.25, 0.3) is 5.91 Å². The maximum Gasteiger partial charge on any atom is 0.262 e. The van der Waals surface area contributed by atoms with E-state index in [1.165, 1.54) is 6.21 Å². The lowest BCUT2D eigenvalue weighted by molar-refractivity contribution is -0.130. The molecular weight excluding hydrogens is 457 g/mol. The molecule has 0 aliphatic rings. The maximum atomic E-state index is 13.4. The summed E-state index contributed by atoms with van der Waals surface area (Å²) in [6, 6.07) is 23.2. The second kappa shape index (κ2) is 11.6. The first-order chi connectivity index (χ1) is 15.9. The molecule has 33 heavy (non-hydrogen) atoms. The first kappa shape index (κ1) is 24.5. The fourth-order valence-electron chi connectivity index (χ4n) is 3.40. The molecule has 3 aromatic rings. The van der Waals surface area contributed by atoms with E-state index in [0.717, 1.165) is 11.1 Å². The van der Waals surface area contributed by atoms with Crippen molar-refractivity contribution < 1.29 is 9.59 Å². The zero-order chi connectivity index (χ0) is 23.8. The molecule has 0 saturated carbocycles. The Morgan fingerprint density at radius 3 is 1.94 bits per heavy atom. The van der Waals surface area contributed by atoms with Gasteiger partial charge >= 0.3 is 0 Å². The van der Waals surface area contributed by atoms with Crippen LogP contribution < -0.4 is 10.7 Å². The number of hydrazone groups is 1. The average Bonchev–Trinajstić information content (AvgIpc) is 2.80. The van der Waals surface area contributed by atoms with Gasteiger partial charge in [0.2, 0.25) is 5.91 Å². The SMILES string of the molecule is CC(C)[C@@H](NC(=O)C(c1ccccc1)c1ccccc1)C(=O)N/N=C\c1ccc(Cl)cc1Cl. The van der Waals surface area contributed by atoms with Crippen LogP contribution in [0.25, 0.3) is 0 Å². The van der Waals surface area contributed by atoms with Gasteiger partial charge in [0.1, 0.15) is 6.04 Å². The van der Waals surface area contributed by atoms with Crippen LogP contribution in [0.2, 0.25) is 10.0 Å². The molecule has 0 unspecified atom stereocenters. The van der Waals surface area contributed by atoms with Crippen molar-refractivity contribution in [1.29, 1.82) is 0 Å². The Kier molecular flexibility index (Phi) is 8.64. The van der Waals surface area contributed by atoms with Crippen LogP contribution in [0.1, 0.15) is 36.5 Å². The van der Waals surface area contributed by atoms with Gasteiger partial charge in [-0.15, -0.1) is 0 Å². The Morgan fingerprint density at radius 2 is 1.42 bits per heavy atom. The first-order valence-corrected chi connectivity index (χ1v) is 11.3. The van der Waals surface area contributed by atoms with Gasteiger partial charge in [0, 0.05) is 10.6 Å². The molecule has 0 spiro atoms. The fourth-order valence-corrected chi connectivity index (χ4v) is 3.86. The van der Waals surface area contributed by atoms with Gasteiger partial charge < -0.3 is 5.32 Å². The Balaban J connectivity index is 1.76. The molecule has 7 heteroatoms. The summed E-state index contributed by atoms with van der Waals surface area (Å²) in [6.45, 7) is 3.73. The lowest BCUT2D eigenvalue weighted by Crippen LogP contribution is -2.50. The summed E-state index contributed by atoms with van der Waals surface area (Å²) in [7, 11) is 0. The van der Waals surface area contributed by atoms with Crippen molar-refractivity contribution >= 4 is 41.2 Å². The van der Waals surface area contributed by atoms with E-state index in [0.29, 0.717) is 15.6 Å². The molecule has 3 aromatic carbocycles. The molecule has 0 aromatic heterocycles. The molecule has 1 atom stereocenters. The molecule has 2 amide bonds. The molecule has 0 fully saturated rings. The number of carbonyl (C=O) groups is 2. The van der Waals surface area contributed by atoms with Crippen LogP contribution in [0.5, 0.6) is 0 Å². The van der Waals surface area contributed by atoms with Crippen LogP contribution in [0.15, 0.2) is 84.0 Å². The fraction of sp³-hybridized carbons (Fsp3) is 0.192. The highest BCUT2D eigenvalue weighted by molar-refractivity contribution is 6.36. The summed E-state index contributed by atoms with van der Waals surface area (Å²) in [6.07, 6.45) is 1.44. The minimum Gasteiger partial charge on any atom is -0.343 e. The van der Waals surface area contributed by atoms with Crippen molar-refractivity contribution in [2.45, 2.75) is 25.8 Å². The molecule has 170 valence electrons. The predicted octanol–water partition coefficient (Wildman–Crippen LogP) is 5.42. The van der Waals surface area contributed by atoms with E-state index in [1.54, 1.807) is 18.2 Å². The van der Waals surface area contributed by atoms with E-state index >= 15 is 0 Å². The predicted molar refractivity (Wildman–Crippen MR) is 134 cm³/mol. The molecular formula is C26H25Cl2N3O2. The number of nitrogens with zero attached hydrogens (tertiary/aromatic N) is 1. The van der Waals surface area contributed by atoms with Crippen LogP contribution in [0, 0.1) is 5.92 Å². The number of amides is 2. The molecule has 0 radical (unpaired) electrons. The van der Waals surface area contributed by atoms with Gasteiger partial charge in [-0.25, -0.2) is 5.43 Å².